The molecular formula is C17H18N2O3. The highest BCUT2D eigenvalue weighted by molar-refractivity contribution is 5.16. The number of hydrogen-bond acceptors (Lipinski definition) is 3. The molecule has 0 N–H and O–H groups in total. The lowest BCUT2D eigenvalue weighted by Gasteiger charge is -2.17. The molecular weight excluding hydrogens is 280 g/mol. The lowest BCUT2D eigenvalue weighted by atomic mass is 10.2. The summed E-state index contributed by atoms with van der Waals surface area (Å²) in [5.41, 5.74) is 1.10. The van der Waals surface area contributed by atoms with Crippen molar-refractivity contribution in [2.75, 3.05) is 0 Å². The van der Waals surface area contributed by atoms with Gasteiger partial charge in [-0.15, -0.1) is 0 Å². The standard InChI is InChI=1S/C17H18N2O3/c1-11-9-18(13-7-8-14-15(13)22-14)17(21)19(16(11)20)10-12-5-3-2-4-6-12/h2-6,9,13-15H,7-8,10H2,1H3/t13-,14-,15+/m0/s1. The molecule has 0 radical (unpaired) electrons. The molecule has 4 rings (SSSR count). The van der Waals surface area contributed by atoms with Crippen molar-refractivity contribution in [3.05, 3.63) is 68.5 Å². The van der Waals surface area contributed by atoms with E-state index in [1.54, 1.807) is 17.7 Å². The third-order valence-electron chi connectivity index (χ3n) is 4.66. The first-order valence-electron chi connectivity index (χ1n) is 7.67. The molecule has 3 atom stereocenters. The number of ether oxygens (including phenoxy) is 1. The van der Waals surface area contributed by atoms with Crippen LogP contribution >= 0.6 is 0 Å². The predicted octanol–water partition coefficient (Wildman–Crippen LogP) is 1.47. The van der Waals surface area contributed by atoms with Gasteiger partial charge < -0.3 is 4.74 Å². The van der Waals surface area contributed by atoms with Crippen LogP contribution in [0, 0.1) is 6.92 Å². The first-order chi connectivity index (χ1) is 10.6. The zero-order valence-corrected chi connectivity index (χ0v) is 12.4. The summed E-state index contributed by atoms with van der Waals surface area (Å²) in [6.07, 6.45) is 4.10. The maximum Gasteiger partial charge on any atom is 0.331 e. The number of fused-ring (bicyclic) bond motifs is 1. The van der Waals surface area contributed by atoms with Gasteiger partial charge >= 0.3 is 5.69 Å². The maximum absolute atomic E-state index is 12.8. The van der Waals surface area contributed by atoms with Crippen LogP contribution in [-0.4, -0.2) is 21.3 Å². The minimum Gasteiger partial charge on any atom is -0.367 e. The molecule has 1 aliphatic heterocycles. The minimum absolute atomic E-state index is 0.0684. The summed E-state index contributed by atoms with van der Waals surface area (Å²) in [7, 11) is 0. The Bertz CT molecular complexity index is 822. The van der Waals surface area contributed by atoms with Gasteiger partial charge in [0, 0.05) is 11.8 Å². The molecule has 1 aromatic heterocycles. The molecule has 5 heteroatoms. The Morgan fingerprint density at radius 2 is 1.95 bits per heavy atom. The largest absolute Gasteiger partial charge is 0.367 e. The second-order valence-corrected chi connectivity index (χ2v) is 6.16. The van der Waals surface area contributed by atoms with Gasteiger partial charge in [0.2, 0.25) is 0 Å². The van der Waals surface area contributed by atoms with E-state index in [4.69, 9.17) is 4.74 Å². The summed E-state index contributed by atoms with van der Waals surface area (Å²) >= 11 is 0. The molecule has 1 saturated heterocycles. The van der Waals surface area contributed by atoms with Gasteiger partial charge in [0.25, 0.3) is 5.56 Å². The fraction of sp³-hybridized carbons (Fsp3) is 0.412. The average Bonchev–Trinajstić information content (AvgIpc) is 3.20. The van der Waals surface area contributed by atoms with Crippen molar-refractivity contribution in [3.8, 4) is 0 Å². The third kappa shape index (κ3) is 2.13. The molecule has 0 amide bonds. The Hall–Kier alpha value is -2.14. The van der Waals surface area contributed by atoms with E-state index in [0.29, 0.717) is 18.2 Å². The van der Waals surface area contributed by atoms with E-state index in [9.17, 15) is 9.59 Å². The van der Waals surface area contributed by atoms with Crippen LogP contribution in [0.25, 0.3) is 0 Å². The van der Waals surface area contributed by atoms with Crippen molar-refractivity contribution in [1.29, 1.82) is 0 Å². The Labute approximate surface area is 127 Å². The number of rotatable bonds is 3. The first-order valence-corrected chi connectivity index (χ1v) is 7.67. The number of nitrogens with zero attached hydrogens (tertiary/aromatic N) is 2. The van der Waals surface area contributed by atoms with Crippen LogP contribution in [0.4, 0.5) is 0 Å². The number of hydrogen-bond donors (Lipinski definition) is 0. The molecule has 1 aromatic carbocycles. The summed E-state index contributed by atoms with van der Waals surface area (Å²) in [6, 6.07) is 9.66. The van der Waals surface area contributed by atoms with Crippen molar-refractivity contribution >= 4 is 0 Å². The van der Waals surface area contributed by atoms with E-state index in [1.165, 1.54) is 4.57 Å². The highest BCUT2D eigenvalue weighted by Gasteiger charge is 2.51. The normalized spacial score (nSPS) is 26.0. The first kappa shape index (κ1) is 13.5. The zero-order chi connectivity index (χ0) is 15.3. The fourth-order valence-corrected chi connectivity index (χ4v) is 3.43. The van der Waals surface area contributed by atoms with Crippen molar-refractivity contribution < 1.29 is 4.74 Å². The molecule has 22 heavy (non-hydrogen) atoms. The zero-order valence-electron chi connectivity index (χ0n) is 12.4. The summed E-state index contributed by atoms with van der Waals surface area (Å²) in [5.74, 6) is 0. The van der Waals surface area contributed by atoms with Gasteiger partial charge in [-0.1, -0.05) is 30.3 Å². The van der Waals surface area contributed by atoms with Crippen LogP contribution in [0.5, 0.6) is 0 Å². The SMILES string of the molecule is Cc1cn([C@H]2CC[C@@H]3O[C@@H]32)c(=O)n(Cc2ccccc2)c1=O. The highest BCUT2D eigenvalue weighted by atomic mass is 16.6. The van der Waals surface area contributed by atoms with E-state index < -0.39 is 0 Å². The Morgan fingerprint density at radius 1 is 1.18 bits per heavy atom. The van der Waals surface area contributed by atoms with Gasteiger partial charge in [-0.2, -0.15) is 0 Å². The topological polar surface area (TPSA) is 56.5 Å². The summed E-state index contributed by atoms with van der Waals surface area (Å²) < 4.78 is 8.60. The number of aryl methyl sites for hydroxylation is 1. The summed E-state index contributed by atoms with van der Waals surface area (Å²) in [5, 5.41) is 0. The average molecular weight is 298 g/mol. The van der Waals surface area contributed by atoms with Crippen molar-refractivity contribution in [1.82, 2.24) is 9.13 Å². The summed E-state index contributed by atoms with van der Waals surface area (Å²) in [4.78, 5) is 25.1. The molecule has 5 nitrogen and oxygen atoms in total. The van der Waals surface area contributed by atoms with Crippen LogP contribution in [0.2, 0.25) is 0 Å². The lowest BCUT2D eigenvalue weighted by molar-refractivity contribution is 0.259. The van der Waals surface area contributed by atoms with Crippen LogP contribution in [0.3, 0.4) is 0 Å². The Kier molecular flexibility index (Phi) is 3.04. The smallest absolute Gasteiger partial charge is 0.331 e. The van der Waals surface area contributed by atoms with Crippen LogP contribution in [0.15, 0.2) is 46.1 Å². The van der Waals surface area contributed by atoms with Gasteiger partial charge in [0.1, 0.15) is 6.10 Å². The lowest BCUT2D eigenvalue weighted by Crippen LogP contribution is -2.42. The molecule has 1 saturated carbocycles. The highest BCUT2D eigenvalue weighted by Crippen LogP contribution is 2.45. The van der Waals surface area contributed by atoms with E-state index >= 15 is 0 Å². The van der Waals surface area contributed by atoms with Crippen LogP contribution < -0.4 is 11.2 Å². The minimum atomic E-state index is -0.236. The van der Waals surface area contributed by atoms with Gasteiger partial charge in [0.15, 0.2) is 0 Å². The molecule has 2 aromatic rings. The Balaban J connectivity index is 1.78. The molecule has 2 aliphatic rings. The Morgan fingerprint density at radius 3 is 2.59 bits per heavy atom. The maximum atomic E-state index is 12.8. The number of epoxide rings is 1. The molecule has 114 valence electrons. The van der Waals surface area contributed by atoms with E-state index in [1.807, 2.05) is 30.3 Å². The predicted molar refractivity (Wildman–Crippen MR) is 82.2 cm³/mol. The van der Waals surface area contributed by atoms with Gasteiger partial charge in [0.05, 0.1) is 18.7 Å². The fourth-order valence-electron chi connectivity index (χ4n) is 3.43. The van der Waals surface area contributed by atoms with E-state index in [-0.39, 0.29) is 23.4 Å². The quantitative estimate of drug-likeness (QED) is 0.806. The monoisotopic (exact) mass is 298 g/mol. The molecule has 0 bridgehead atoms. The molecule has 2 fully saturated rings. The number of aromatic nitrogens is 2. The van der Waals surface area contributed by atoms with E-state index in [0.717, 1.165) is 18.4 Å². The molecule has 2 heterocycles. The van der Waals surface area contributed by atoms with Crippen molar-refractivity contribution in [2.45, 2.75) is 44.6 Å². The number of benzene rings is 1. The third-order valence-corrected chi connectivity index (χ3v) is 4.66. The van der Waals surface area contributed by atoms with Gasteiger partial charge in [-0.05, 0) is 25.3 Å². The van der Waals surface area contributed by atoms with Crippen molar-refractivity contribution in [3.63, 3.8) is 0 Å². The molecule has 0 unspecified atom stereocenters. The van der Waals surface area contributed by atoms with Crippen LogP contribution in [-0.2, 0) is 11.3 Å². The van der Waals surface area contributed by atoms with Gasteiger partial charge in [-0.3, -0.25) is 13.9 Å². The second-order valence-electron chi connectivity index (χ2n) is 6.16. The second kappa shape index (κ2) is 4.95. The summed E-state index contributed by atoms with van der Waals surface area (Å²) in [6.45, 7) is 2.07. The molecule has 0 spiro atoms. The van der Waals surface area contributed by atoms with Crippen LogP contribution in [0.1, 0.15) is 30.0 Å². The van der Waals surface area contributed by atoms with Gasteiger partial charge in [-0.25, -0.2) is 4.79 Å². The molecule has 1 aliphatic carbocycles. The van der Waals surface area contributed by atoms with Crippen molar-refractivity contribution in [2.24, 2.45) is 0 Å². The van der Waals surface area contributed by atoms with E-state index in [2.05, 4.69) is 0 Å².